The molecule has 0 aliphatic carbocycles. The van der Waals surface area contributed by atoms with Gasteiger partial charge in [0, 0.05) is 21.8 Å². The highest BCUT2D eigenvalue weighted by molar-refractivity contribution is 6.36. The Kier molecular flexibility index (Phi) is 3.51. The van der Waals surface area contributed by atoms with Crippen molar-refractivity contribution in [3.8, 4) is 5.75 Å². The normalized spacial score (nSPS) is 14.8. The zero-order valence-electron chi connectivity index (χ0n) is 13.0. The number of hydrogen-bond donors (Lipinski definition) is 1. The minimum absolute atomic E-state index is 0.109. The summed E-state index contributed by atoms with van der Waals surface area (Å²) in [5, 5.41) is 5.66. The molecule has 118 valence electrons. The summed E-state index contributed by atoms with van der Waals surface area (Å²) >= 11 is 6.07. The van der Waals surface area contributed by atoms with Crippen molar-refractivity contribution in [3.05, 3.63) is 70.7 Å². The molecule has 1 aliphatic rings. The number of fused-ring (bicyclic) bond motifs is 2. The van der Waals surface area contributed by atoms with Gasteiger partial charge in [-0.05, 0) is 58.8 Å². The smallest absolute Gasteiger partial charge is 0.256 e. The molecule has 4 rings (SSSR count). The predicted molar refractivity (Wildman–Crippen MR) is 98.5 cm³/mol. The van der Waals surface area contributed by atoms with E-state index in [-0.39, 0.29) is 5.91 Å². The van der Waals surface area contributed by atoms with Gasteiger partial charge in [0.15, 0.2) is 0 Å². The van der Waals surface area contributed by atoms with Crippen molar-refractivity contribution in [1.82, 2.24) is 0 Å². The maximum Gasteiger partial charge on any atom is 0.256 e. The second-order valence-corrected chi connectivity index (χ2v) is 6.11. The highest BCUT2D eigenvalue weighted by atomic mass is 35.5. The standard InChI is InChI=1S/C20H14ClNO2/c1-24-16-6-4-13-8-12(2-3-14(13)10-16)9-18-17-11-15(21)5-7-19(17)22-20(18)23/h2-11H,1H3,(H,22,23)/b18-9+. The van der Waals surface area contributed by atoms with Crippen LogP contribution in [0.4, 0.5) is 5.69 Å². The summed E-state index contributed by atoms with van der Waals surface area (Å²) in [6.45, 7) is 0. The number of carbonyl (C=O) groups is 1. The van der Waals surface area contributed by atoms with Gasteiger partial charge >= 0.3 is 0 Å². The highest BCUT2D eigenvalue weighted by Gasteiger charge is 2.24. The van der Waals surface area contributed by atoms with E-state index >= 15 is 0 Å². The minimum Gasteiger partial charge on any atom is -0.497 e. The van der Waals surface area contributed by atoms with Crippen LogP contribution in [0.1, 0.15) is 11.1 Å². The monoisotopic (exact) mass is 335 g/mol. The van der Waals surface area contributed by atoms with Crippen molar-refractivity contribution >= 4 is 45.6 Å². The SMILES string of the molecule is COc1ccc2cc(/C=C3/C(=O)Nc4ccc(Cl)cc43)ccc2c1. The zero-order chi connectivity index (χ0) is 16.7. The average Bonchev–Trinajstić information content (AvgIpc) is 2.89. The predicted octanol–water partition coefficient (Wildman–Crippen LogP) is 4.99. The van der Waals surface area contributed by atoms with Gasteiger partial charge in [-0.15, -0.1) is 0 Å². The largest absolute Gasteiger partial charge is 0.497 e. The minimum atomic E-state index is -0.109. The number of rotatable bonds is 2. The lowest BCUT2D eigenvalue weighted by molar-refractivity contribution is -0.110. The molecule has 0 fully saturated rings. The molecule has 3 aromatic carbocycles. The topological polar surface area (TPSA) is 38.3 Å². The first-order valence-corrected chi connectivity index (χ1v) is 7.92. The fourth-order valence-corrected chi connectivity index (χ4v) is 3.10. The van der Waals surface area contributed by atoms with Gasteiger partial charge in [0.2, 0.25) is 0 Å². The molecule has 0 aromatic heterocycles. The van der Waals surface area contributed by atoms with Crippen molar-refractivity contribution < 1.29 is 9.53 Å². The van der Waals surface area contributed by atoms with Gasteiger partial charge in [0.1, 0.15) is 5.75 Å². The molecule has 24 heavy (non-hydrogen) atoms. The average molecular weight is 336 g/mol. The molecule has 0 bridgehead atoms. The summed E-state index contributed by atoms with van der Waals surface area (Å²) in [6.07, 6.45) is 1.89. The number of halogens is 1. The van der Waals surface area contributed by atoms with E-state index in [1.165, 1.54) is 0 Å². The lowest BCUT2D eigenvalue weighted by Crippen LogP contribution is -2.03. The van der Waals surface area contributed by atoms with Crippen LogP contribution in [0.2, 0.25) is 5.02 Å². The van der Waals surface area contributed by atoms with Gasteiger partial charge in [-0.2, -0.15) is 0 Å². The number of ether oxygens (including phenoxy) is 1. The molecule has 0 unspecified atom stereocenters. The quantitative estimate of drug-likeness (QED) is 0.670. The number of nitrogens with one attached hydrogen (secondary N) is 1. The lowest BCUT2D eigenvalue weighted by atomic mass is 10.0. The van der Waals surface area contributed by atoms with Crippen molar-refractivity contribution in [3.63, 3.8) is 0 Å². The Morgan fingerprint density at radius 2 is 1.79 bits per heavy atom. The third-order valence-corrected chi connectivity index (χ3v) is 4.38. The Bertz CT molecular complexity index is 1010. The summed E-state index contributed by atoms with van der Waals surface area (Å²) in [4.78, 5) is 12.3. The Morgan fingerprint density at radius 1 is 1.00 bits per heavy atom. The van der Waals surface area contributed by atoms with Crippen molar-refractivity contribution in [2.45, 2.75) is 0 Å². The third kappa shape index (κ3) is 2.53. The van der Waals surface area contributed by atoms with E-state index in [4.69, 9.17) is 16.3 Å². The molecule has 0 spiro atoms. The molecule has 0 radical (unpaired) electrons. The van der Waals surface area contributed by atoms with Gasteiger partial charge < -0.3 is 10.1 Å². The van der Waals surface area contributed by atoms with E-state index < -0.39 is 0 Å². The van der Waals surface area contributed by atoms with Crippen LogP contribution in [0.5, 0.6) is 5.75 Å². The van der Waals surface area contributed by atoms with Crippen LogP contribution in [-0.4, -0.2) is 13.0 Å². The Labute approximate surface area is 144 Å². The van der Waals surface area contributed by atoms with Crippen molar-refractivity contribution in [2.75, 3.05) is 12.4 Å². The van der Waals surface area contributed by atoms with E-state index in [0.717, 1.165) is 33.3 Å². The summed E-state index contributed by atoms with van der Waals surface area (Å²) < 4.78 is 5.25. The van der Waals surface area contributed by atoms with E-state index in [2.05, 4.69) is 11.4 Å². The van der Waals surface area contributed by atoms with Crippen LogP contribution in [0.15, 0.2) is 54.6 Å². The molecular weight excluding hydrogens is 322 g/mol. The molecule has 1 aliphatic heterocycles. The van der Waals surface area contributed by atoms with Crippen LogP contribution in [0.3, 0.4) is 0 Å². The van der Waals surface area contributed by atoms with Crippen LogP contribution < -0.4 is 10.1 Å². The van der Waals surface area contributed by atoms with E-state index in [0.29, 0.717) is 10.6 Å². The highest BCUT2D eigenvalue weighted by Crippen LogP contribution is 2.35. The molecular formula is C20H14ClNO2. The molecule has 0 saturated heterocycles. The fourth-order valence-electron chi connectivity index (χ4n) is 2.93. The first-order chi connectivity index (χ1) is 11.6. The number of anilines is 1. The molecule has 0 saturated carbocycles. The summed E-state index contributed by atoms with van der Waals surface area (Å²) in [7, 11) is 1.65. The van der Waals surface area contributed by atoms with Gasteiger partial charge in [-0.3, -0.25) is 4.79 Å². The third-order valence-electron chi connectivity index (χ3n) is 4.15. The van der Waals surface area contributed by atoms with Crippen LogP contribution in [0.25, 0.3) is 22.4 Å². The van der Waals surface area contributed by atoms with Gasteiger partial charge in [0.25, 0.3) is 5.91 Å². The first kappa shape index (κ1) is 14.8. The van der Waals surface area contributed by atoms with Gasteiger partial charge in [-0.25, -0.2) is 0 Å². The molecule has 1 N–H and O–H groups in total. The first-order valence-electron chi connectivity index (χ1n) is 7.55. The number of carbonyl (C=O) groups excluding carboxylic acids is 1. The number of methoxy groups -OCH3 is 1. The Balaban J connectivity index is 1.80. The molecule has 0 atom stereocenters. The van der Waals surface area contributed by atoms with Gasteiger partial charge in [0.05, 0.1) is 7.11 Å². The van der Waals surface area contributed by atoms with E-state index in [1.54, 1.807) is 13.2 Å². The molecule has 1 heterocycles. The number of benzene rings is 3. The van der Waals surface area contributed by atoms with E-state index in [1.807, 2.05) is 48.5 Å². The molecule has 3 nitrogen and oxygen atoms in total. The number of amides is 1. The second-order valence-electron chi connectivity index (χ2n) is 5.67. The maximum absolute atomic E-state index is 12.3. The molecule has 4 heteroatoms. The van der Waals surface area contributed by atoms with Crippen LogP contribution >= 0.6 is 11.6 Å². The Hall–Kier alpha value is -2.78. The zero-order valence-corrected chi connectivity index (χ0v) is 13.7. The molecule has 3 aromatic rings. The second kappa shape index (κ2) is 5.69. The summed E-state index contributed by atoms with van der Waals surface area (Å²) in [5.41, 5.74) is 3.22. The number of hydrogen-bond acceptors (Lipinski definition) is 2. The lowest BCUT2D eigenvalue weighted by Gasteiger charge is -2.04. The van der Waals surface area contributed by atoms with Gasteiger partial charge in [-0.1, -0.05) is 29.8 Å². The van der Waals surface area contributed by atoms with Crippen LogP contribution in [0, 0.1) is 0 Å². The summed E-state index contributed by atoms with van der Waals surface area (Å²) in [5.74, 6) is 0.717. The van der Waals surface area contributed by atoms with Crippen molar-refractivity contribution in [1.29, 1.82) is 0 Å². The Morgan fingerprint density at radius 3 is 2.62 bits per heavy atom. The molecule has 1 amide bonds. The maximum atomic E-state index is 12.3. The fraction of sp³-hybridized carbons (Fsp3) is 0.0500. The van der Waals surface area contributed by atoms with Crippen LogP contribution in [-0.2, 0) is 4.79 Å². The summed E-state index contributed by atoms with van der Waals surface area (Å²) in [6, 6.07) is 17.4. The van der Waals surface area contributed by atoms with Crippen molar-refractivity contribution in [2.24, 2.45) is 0 Å². The van der Waals surface area contributed by atoms with E-state index in [9.17, 15) is 4.79 Å².